The summed E-state index contributed by atoms with van der Waals surface area (Å²) in [6.07, 6.45) is 51.6. The minimum Gasteiger partial charge on any atom is -0.480 e. The summed E-state index contributed by atoms with van der Waals surface area (Å²) in [6.45, 7) is 2.59. The van der Waals surface area contributed by atoms with Gasteiger partial charge in [0.15, 0.2) is 6.04 Å². The molecule has 12 heteroatoms. The number of carboxylic acids is 1. The minimum absolute atomic E-state index is 0.142. The Bertz CT molecular complexity index is 1210. The van der Waals surface area contributed by atoms with Crippen molar-refractivity contribution in [1.82, 2.24) is 5.32 Å². The van der Waals surface area contributed by atoms with Crippen molar-refractivity contribution in [2.24, 2.45) is 0 Å². The van der Waals surface area contributed by atoms with Crippen LogP contribution in [0.2, 0.25) is 0 Å². The van der Waals surface area contributed by atoms with Gasteiger partial charge in [0, 0.05) is 12.8 Å². The van der Waals surface area contributed by atoms with Gasteiger partial charge >= 0.3 is 19.8 Å². The predicted molar refractivity (Wildman–Crippen MR) is 259 cm³/mol. The van der Waals surface area contributed by atoms with Crippen LogP contribution in [0, 0.1) is 0 Å². The highest BCUT2D eigenvalue weighted by Gasteiger charge is 2.28. The molecule has 0 fully saturated rings. The molecule has 0 heterocycles. The molecule has 0 bridgehead atoms. The molecule has 0 rings (SSSR count). The smallest absolute Gasteiger partial charge is 0.472 e. The van der Waals surface area contributed by atoms with E-state index in [1.807, 2.05) is 0 Å². The van der Waals surface area contributed by atoms with Gasteiger partial charge < -0.3 is 25.2 Å². The molecule has 0 aliphatic rings. The number of ether oxygens (including phenoxy) is 1. The van der Waals surface area contributed by atoms with E-state index in [0.29, 0.717) is 12.8 Å². The molecule has 0 saturated carbocycles. The molecule has 1 amide bonds. The molecule has 368 valence electrons. The van der Waals surface area contributed by atoms with Gasteiger partial charge in [0.25, 0.3) is 0 Å². The van der Waals surface area contributed by atoms with Gasteiger partial charge in [0.05, 0.1) is 13.2 Å². The van der Waals surface area contributed by atoms with E-state index in [9.17, 15) is 34.1 Å². The number of carbonyl (C=O) groups is 3. The third-order valence-electron chi connectivity index (χ3n) is 11.2. The molecular weight excluding hydrogens is 818 g/mol. The van der Waals surface area contributed by atoms with Crippen molar-refractivity contribution in [3.63, 3.8) is 0 Å². The lowest BCUT2D eigenvalue weighted by Crippen LogP contribution is -2.43. The van der Waals surface area contributed by atoms with E-state index in [1.165, 1.54) is 141 Å². The van der Waals surface area contributed by atoms with E-state index >= 15 is 0 Å². The van der Waals surface area contributed by atoms with Crippen molar-refractivity contribution in [1.29, 1.82) is 0 Å². The first-order valence-corrected chi connectivity index (χ1v) is 27.0. The Hall–Kier alpha value is -2.30. The molecule has 63 heavy (non-hydrogen) atoms. The number of hydrogen-bond acceptors (Lipinski definition) is 8. The van der Waals surface area contributed by atoms with Gasteiger partial charge in [-0.3, -0.25) is 18.6 Å². The number of nitrogens with one attached hydrogen (secondary N) is 1. The Labute approximate surface area is 384 Å². The topological polar surface area (TPSA) is 169 Å². The number of rotatable bonds is 48. The fourth-order valence-corrected chi connectivity index (χ4v) is 7.94. The highest BCUT2D eigenvalue weighted by Crippen LogP contribution is 2.43. The molecule has 0 spiro atoms. The molecule has 0 aromatic rings. The maximum atomic E-state index is 12.4. The van der Waals surface area contributed by atoms with E-state index < -0.39 is 57.6 Å². The molecule has 4 N–H and O–H groups in total. The molecule has 3 unspecified atom stereocenters. The van der Waals surface area contributed by atoms with Crippen molar-refractivity contribution >= 4 is 25.7 Å². The number of esters is 1. The second kappa shape index (κ2) is 46.2. The number of aliphatic hydroxyl groups is 1. The molecular formula is C51H94NO10P. The summed E-state index contributed by atoms with van der Waals surface area (Å²) in [5.41, 5.74) is 0. The molecule has 0 saturated heterocycles. The van der Waals surface area contributed by atoms with E-state index in [4.69, 9.17) is 13.8 Å². The second-order valence-corrected chi connectivity index (χ2v) is 18.8. The normalized spacial score (nSPS) is 13.8. The zero-order valence-corrected chi connectivity index (χ0v) is 41.0. The van der Waals surface area contributed by atoms with Gasteiger partial charge in [0.2, 0.25) is 5.91 Å². The van der Waals surface area contributed by atoms with Crippen molar-refractivity contribution in [2.75, 3.05) is 19.8 Å². The van der Waals surface area contributed by atoms with Gasteiger partial charge in [-0.25, -0.2) is 9.36 Å². The van der Waals surface area contributed by atoms with E-state index in [0.717, 1.165) is 57.8 Å². The van der Waals surface area contributed by atoms with Crippen LogP contribution < -0.4 is 5.32 Å². The van der Waals surface area contributed by atoms with Crippen LogP contribution in [-0.4, -0.2) is 64.9 Å². The lowest BCUT2D eigenvalue weighted by atomic mass is 10.0. The molecule has 0 radical (unpaired) electrons. The molecule has 0 aromatic heterocycles. The number of hydrogen-bond donors (Lipinski definition) is 4. The SMILES string of the molecule is CCCCC/C=C\C/C=C\CCCCCCCCCCCCCC(=O)OCC(O)COP(=O)(O)OCC(NC(=O)CCCCCCCCC/C=C\CCCCCCCCC)C(=O)O. The Balaban J connectivity index is 3.82. The maximum absolute atomic E-state index is 12.4. The van der Waals surface area contributed by atoms with Crippen molar-refractivity contribution in [3.8, 4) is 0 Å². The van der Waals surface area contributed by atoms with E-state index in [2.05, 4.69) is 55.6 Å². The average Bonchev–Trinajstić information content (AvgIpc) is 3.26. The average molecular weight is 912 g/mol. The number of carbonyl (C=O) groups excluding carboxylic acids is 2. The maximum Gasteiger partial charge on any atom is 0.472 e. The summed E-state index contributed by atoms with van der Waals surface area (Å²) in [6, 6.07) is -1.55. The number of carboxylic acid groups (broad SMARTS) is 1. The van der Waals surface area contributed by atoms with Crippen LogP contribution in [0.4, 0.5) is 0 Å². The highest BCUT2D eigenvalue weighted by molar-refractivity contribution is 7.47. The number of allylic oxidation sites excluding steroid dienone is 6. The van der Waals surface area contributed by atoms with Gasteiger partial charge in [-0.2, -0.15) is 0 Å². The monoisotopic (exact) mass is 912 g/mol. The Morgan fingerprint density at radius 1 is 0.508 bits per heavy atom. The van der Waals surface area contributed by atoms with Crippen LogP contribution in [0.5, 0.6) is 0 Å². The first kappa shape index (κ1) is 60.7. The number of unbranched alkanes of at least 4 members (excludes halogenated alkanes) is 28. The fourth-order valence-electron chi connectivity index (χ4n) is 7.16. The third kappa shape index (κ3) is 46.0. The van der Waals surface area contributed by atoms with E-state index in [-0.39, 0.29) is 12.8 Å². The molecule has 0 aliphatic heterocycles. The van der Waals surface area contributed by atoms with Crippen LogP contribution in [-0.2, 0) is 32.7 Å². The Morgan fingerprint density at radius 3 is 1.33 bits per heavy atom. The predicted octanol–water partition coefficient (Wildman–Crippen LogP) is 14.0. The first-order chi connectivity index (χ1) is 30.6. The number of phosphoric acid groups is 1. The lowest BCUT2D eigenvalue weighted by Gasteiger charge is -2.18. The largest absolute Gasteiger partial charge is 0.480 e. The number of phosphoric ester groups is 1. The van der Waals surface area contributed by atoms with Crippen molar-refractivity contribution in [2.45, 2.75) is 251 Å². The van der Waals surface area contributed by atoms with Crippen molar-refractivity contribution in [3.05, 3.63) is 36.5 Å². The van der Waals surface area contributed by atoms with Crippen LogP contribution >= 0.6 is 7.82 Å². The van der Waals surface area contributed by atoms with Crippen LogP contribution in [0.3, 0.4) is 0 Å². The number of aliphatic carboxylic acids is 1. The summed E-state index contributed by atoms with van der Waals surface area (Å²) in [5.74, 6) is -2.37. The molecule has 3 atom stereocenters. The molecule has 0 aliphatic carbocycles. The zero-order chi connectivity index (χ0) is 46.3. The number of amides is 1. The fraction of sp³-hybridized carbons (Fsp3) is 0.824. The van der Waals surface area contributed by atoms with Gasteiger partial charge in [-0.05, 0) is 70.6 Å². The minimum atomic E-state index is -4.76. The van der Waals surface area contributed by atoms with Crippen LogP contribution in [0.25, 0.3) is 0 Å². The molecule has 11 nitrogen and oxygen atoms in total. The summed E-state index contributed by atoms with van der Waals surface area (Å²) in [4.78, 5) is 46.1. The summed E-state index contributed by atoms with van der Waals surface area (Å²) >= 11 is 0. The summed E-state index contributed by atoms with van der Waals surface area (Å²) in [7, 11) is -4.76. The van der Waals surface area contributed by atoms with Crippen LogP contribution in [0.1, 0.15) is 239 Å². The standard InChI is InChI=1S/C51H94NO10P/c1-3-5-7-9-11-13-15-17-19-21-23-24-25-27-29-31-33-35-37-39-41-43-50(55)60-44-47(53)45-61-63(58,59)62-46-48(51(56)57)52-49(54)42-40-38-36-34-32-30-28-26-22-20-18-16-14-12-10-8-6-4-2/h11,13,17,19-20,22,47-48,53H,3-10,12,14-16,18,21,23-46H2,1-2H3,(H,52,54)(H,56,57)(H,58,59)/b13-11-,19-17-,22-20-. The molecule has 0 aromatic carbocycles. The first-order valence-electron chi connectivity index (χ1n) is 25.5. The van der Waals surface area contributed by atoms with Gasteiger partial charge in [-0.1, -0.05) is 192 Å². The summed E-state index contributed by atoms with van der Waals surface area (Å²) < 4.78 is 26.9. The number of aliphatic hydroxyl groups excluding tert-OH is 1. The Kier molecular flexibility index (Phi) is 44.5. The van der Waals surface area contributed by atoms with Crippen molar-refractivity contribution < 1.29 is 47.8 Å². The van der Waals surface area contributed by atoms with Crippen LogP contribution in [0.15, 0.2) is 36.5 Å². The van der Waals surface area contributed by atoms with Gasteiger partial charge in [-0.15, -0.1) is 0 Å². The lowest BCUT2D eigenvalue weighted by molar-refractivity contribution is -0.147. The quantitative estimate of drug-likeness (QED) is 0.0199. The zero-order valence-electron chi connectivity index (χ0n) is 40.1. The van der Waals surface area contributed by atoms with Gasteiger partial charge in [0.1, 0.15) is 12.7 Å². The Morgan fingerprint density at radius 2 is 0.873 bits per heavy atom. The van der Waals surface area contributed by atoms with E-state index in [1.54, 1.807) is 0 Å². The second-order valence-electron chi connectivity index (χ2n) is 17.4. The highest BCUT2D eigenvalue weighted by atomic mass is 31.2. The third-order valence-corrected chi connectivity index (χ3v) is 12.1. The summed E-state index contributed by atoms with van der Waals surface area (Å²) in [5, 5.41) is 21.9.